The Bertz CT molecular complexity index is 1030. The Morgan fingerprint density at radius 3 is 2.77 bits per heavy atom. The average molecular weight is 476 g/mol. The molecule has 1 aliphatic heterocycles. The van der Waals surface area contributed by atoms with Crippen LogP contribution in [0.2, 0.25) is 0 Å². The summed E-state index contributed by atoms with van der Waals surface area (Å²) >= 11 is 3.37. The summed E-state index contributed by atoms with van der Waals surface area (Å²) in [4.78, 5) is 48.3. The minimum Gasteiger partial charge on any atom is -0.455 e. The highest BCUT2D eigenvalue weighted by molar-refractivity contribution is 9.10. The molecule has 0 spiro atoms. The Balaban J connectivity index is 1.55. The number of ether oxygens (including phenoxy) is 1. The van der Waals surface area contributed by atoms with Crippen molar-refractivity contribution in [1.82, 2.24) is 0 Å². The second-order valence-electron chi connectivity index (χ2n) is 6.80. The lowest BCUT2D eigenvalue weighted by molar-refractivity contribution is -0.384. The number of aryl methyl sites for hydroxylation is 1. The Hall–Kier alpha value is -3.27. The first kappa shape index (κ1) is 21.4. The first-order valence-corrected chi connectivity index (χ1v) is 9.81. The van der Waals surface area contributed by atoms with Crippen LogP contribution in [0.4, 0.5) is 17.1 Å². The second kappa shape index (κ2) is 9.04. The molecular formula is C20H18BrN3O6. The number of hydrogen-bond donors (Lipinski definition) is 1. The van der Waals surface area contributed by atoms with Gasteiger partial charge in [0.1, 0.15) is 0 Å². The second-order valence-corrected chi connectivity index (χ2v) is 7.66. The Morgan fingerprint density at radius 2 is 2.07 bits per heavy atom. The van der Waals surface area contributed by atoms with Crippen molar-refractivity contribution in [3.8, 4) is 0 Å². The molecule has 1 N–H and O–H groups in total. The van der Waals surface area contributed by atoms with Crippen LogP contribution in [0.3, 0.4) is 0 Å². The summed E-state index contributed by atoms with van der Waals surface area (Å²) in [5, 5.41) is 13.6. The molecule has 10 heteroatoms. The van der Waals surface area contributed by atoms with Crippen LogP contribution in [0.15, 0.2) is 46.9 Å². The maximum atomic E-state index is 12.3. The predicted molar refractivity (Wildman–Crippen MR) is 112 cm³/mol. The van der Waals surface area contributed by atoms with Gasteiger partial charge in [0, 0.05) is 35.3 Å². The van der Waals surface area contributed by atoms with Crippen LogP contribution < -0.4 is 10.2 Å². The standard InChI is InChI=1S/C20H18BrN3O6/c1-12-7-14(5-6-17(12)21)22-18(25)11-30-20(27)13-8-19(26)23(10-13)15-3-2-4-16(9-15)24(28)29/h2-7,9,13H,8,10-11H2,1H3,(H,22,25)/t13-/m1/s1. The van der Waals surface area contributed by atoms with Gasteiger partial charge < -0.3 is 15.0 Å². The Morgan fingerprint density at radius 1 is 1.30 bits per heavy atom. The minimum atomic E-state index is -0.750. The van der Waals surface area contributed by atoms with E-state index in [1.165, 1.54) is 23.1 Å². The van der Waals surface area contributed by atoms with E-state index in [4.69, 9.17) is 4.74 Å². The number of carbonyl (C=O) groups is 3. The monoisotopic (exact) mass is 475 g/mol. The van der Waals surface area contributed by atoms with Crippen molar-refractivity contribution in [3.63, 3.8) is 0 Å². The van der Waals surface area contributed by atoms with Crippen molar-refractivity contribution in [3.05, 3.63) is 62.6 Å². The van der Waals surface area contributed by atoms with E-state index in [0.29, 0.717) is 11.4 Å². The number of nitrogens with zero attached hydrogens (tertiary/aromatic N) is 2. The highest BCUT2D eigenvalue weighted by Crippen LogP contribution is 2.28. The average Bonchev–Trinajstić information content (AvgIpc) is 3.11. The van der Waals surface area contributed by atoms with Gasteiger partial charge in [0.15, 0.2) is 6.61 Å². The van der Waals surface area contributed by atoms with Gasteiger partial charge in [-0.05, 0) is 36.8 Å². The fraction of sp³-hybridized carbons (Fsp3) is 0.250. The number of esters is 1. The van der Waals surface area contributed by atoms with Crippen molar-refractivity contribution < 1.29 is 24.0 Å². The lowest BCUT2D eigenvalue weighted by Gasteiger charge is -2.16. The van der Waals surface area contributed by atoms with Gasteiger partial charge in [-0.3, -0.25) is 24.5 Å². The summed E-state index contributed by atoms with van der Waals surface area (Å²) in [6.45, 7) is 1.44. The van der Waals surface area contributed by atoms with Crippen molar-refractivity contribution in [1.29, 1.82) is 0 Å². The summed E-state index contributed by atoms with van der Waals surface area (Å²) in [6, 6.07) is 10.9. The number of non-ortho nitro benzene ring substituents is 1. The molecule has 0 saturated carbocycles. The molecular weight excluding hydrogens is 458 g/mol. The highest BCUT2D eigenvalue weighted by Gasteiger charge is 2.36. The Kier molecular flexibility index (Phi) is 6.46. The van der Waals surface area contributed by atoms with E-state index in [1.807, 2.05) is 6.92 Å². The summed E-state index contributed by atoms with van der Waals surface area (Å²) in [5.74, 6) is -2.25. The maximum absolute atomic E-state index is 12.3. The number of nitro groups is 1. The lowest BCUT2D eigenvalue weighted by atomic mass is 10.1. The zero-order valence-corrected chi connectivity index (χ0v) is 17.5. The molecule has 0 radical (unpaired) electrons. The van der Waals surface area contributed by atoms with Gasteiger partial charge in [-0.1, -0.05) is 22.0 Å². The van der Waals surface area contributed by atoms with Crippen LogP contribution in [0.25, 0.3) is 0 Å². The van der Waals surface area contributed by atoms with E-state index in [2.05, 4.69) is 21.2 Å². The molecule has 1 saturated heterocycles. The molecule has 2 aromatic rings. The highest BCUT2D eigenvalue weighted by atomic mass is 79.9. The third-order valence-electron chi connectivity index (χ3n) is 4.60. The smallest absolute Gasteiger partial charge is 0.311 e. The predicted octanol–water partition coefficient (Wildman–Crippen LogP) is 3.20. The van der Waals surface area contributed by atoms with Gasteiger partial charge in [0.25, 0.3) is 11.6 Å². The van der Waals surface area contributed by atoms with Gasteiger partial charge in [-0.25, -0.2) is 0 Å². The van der Waals surface area contributed by atoms with Gasteiger partial charge in [-0.2, -0.15) is 0 Å². The van der Waals surface area contributed by atoms with Crippen LogP contribution >= 0.6 is 15.9 Å². The molecule has 1 fully saturated rings. The third-order valence-corrected chi connectivity index (χ3v) is 5.49. The minimum absolute atomic E-state index is 0.0341. The van der Waals surface area contributed by atoms with E-state index >= 15 is 0 Å². The van der Waals surface area contributed by atoms with Gasteiger partial charge in [0.05, 0.1) is 16.5 Å². The largest absolute Gasteiger partial charge is 0.455 e. The first-order chi connectivity index (χ1) is 14.2. The molecule has 30 heavy (non-hydrogen) atoms. The molecule has 1 aliphatic rings. The van der Waals surface area contributed by atoms with Gasteiger partial charge in [-0.15, -0.1) is 0 Å². The molecule has 1 heterocycles. The lowest BCUT2D eigenvalue weighted by Crippen LogP contribution is -2.28. The van der Waals surface area contributed by atoms with Crippen molar-refractivity contribution >= 4 is 50.8 Å². The number of amides is 2. The summed E-state index contributed by atoms with van der Waals surface area (Å²) in [7, 11) is 0. The first-order valence-electron chi connectivity index (χ1n) is 9.02. The molecule has 0 aliphatic carbocycles. The van der Waals surface area contributed by atoms with Crippen LogP contribution in [0.1, 0.15) is 12.0 Å². The van der Waals surface area contributed by atoms with Crippen LogP contribution in [0, 0.1) is 23.0 Å². The van der Waals surface area contributed by atoms with Crippen LogP contribution in [-0.2, 0) is 19.1 Å². The van der Waals surface area contributed by atoms with E-state index in [0.717, 1.165) is 10.0 Å². The Labute approximate surface area is 180 Å². The van der Waals surface area contributed by atoms with Crippen molar-refractivity contribution in [2.45, 2.75) is 13.3 Å². The zero-order chi connectivity index (χ0) is 21.8. The van der Waals surface area contributed by atoms with E-state index in [9.17, 15) is 24.5 Å². The van der Waals surface area contributed by atoms with E-state index in [-0.39, 0.29) is 24.6 Å². The molecule has 0 bridgehead atoms. The molecule has 2 aromatic carbocycles. The van der Waals surface area contributed by atoms with Crippen LogP contribution in [0.5, 0.6) is 0 Å². The topological polar surface area (TPSA) is 119 Å². The number of benzene rings is 2. The van der Waals surface area contributed by atoms with E-state index in [1.54, 1.807) is 24.3 Å². The van der Waals surface area contributed by atoms with Crippen LogP contribution in [-0.4, -0.2) is 35.9 Å². The third kappa shape index (κ3) is 5.01. The fourth-order valence-electron chi connectivity index (χ4n) is 3.06. The summed E-state index contributed by atoms with van der Waals surface area (Å²) in [6.07, 6.45) is -0.0882. The normalized spacial score (nSPS) is 15.7. The number of nitro benzene ring substituents is 1. The SMILES string of the molecule is Cc1cc(NC(=O)COC(=O)[C@@H]2CC(=O)N(c3cccc([N+](=O)[O-])c3)C2)ccc1Br. The molecule has 2 amide bonds. The molecule has 1 atom stereocenters. The zero-order valence-electron chi connectivity index (χ0n) is 16.0. The van der Waals surface area contributed by atoms with Gasteiger partial charge in [0.2, 0.25) is 5.91 Å². The van der Waals surface area contributed by atoms with Crippen molar-refractivity contribution in [2.24, 2.45) is 5.92 Å². The number of halogens is 1. The summed E-state index contributed by atoms with van der Waals surface area (Å²) < 4.78 is 5.97. The number of rotatable bonds is 6. The number of carbonyl (C=O) groups excluding carboxylic acids is 3. The molecule has 9 nitrogen and oxygen atoms in total. The molecule has 0 unspecified atom stereocenters. The molecule has 0 aromatic heterocycles. The number of hydrogen-bond acceptors (Lipinski definition) is 6. The van der Waals surface area contributed by atoms with E-state index < -0.39 is 29.3 Å². The van der Waals surface area contributed by atoms with Crippen molar-refractivity contribution in [2.75, 3.05) is 23.4 Å². The fourth-order valence-corrected chi connectivity index (χ4v) is 3.31. The summed E-state index contributed by atoms with van der Waals surface area (Å²) in [5.41, 5.74) is 1.71. The quantitative estimate of drug-likeness (QED) is 0.389. The number of anilines is 2. The molecule has 156 valence electrons. The maximum Gasteiger partial charge on any atom is 0.311 e. The number of nitrogens with one attached hydrogen (secondary N) is 1. The molecule has 3 rings (SSSR count). The van der Waals surface area contributed by atoms with Gasteiger partial charge >= 0.3 is 5.97 Å².